The Hall–Kier alpha value is -0.720. The molecule has 160 valence electrons. The molecule has 0 aliphatic carbocycles. The van der Waals surface area contributed by atoms with Gasteiger partial charge in [0, 0.05) is 20.1 Å². The van der Waals surface area contributed by atoms with Gasteiger partial charge in [-0.05, 0) is 6.54 Å². The van der Waals surface area contributed by atoms with Gasteiger partial charge >= 0.3 is 0 Å². The SMILES string of the molecule is CCC#CCN(CC)CCOCCOCCOCCOCCOCCOC. The van der Waals surface area contributed by atoms with Crippen LogP contribution in [0.15, 0.2) is 0 Å². The summed E-state index contributed by atoms with van der Waals surface area (Å²) in [6.07, 6.45) is 0.909. The number of methoxy groups -OCH3 is 1. The average Bonchev–Trinajstić information content (AvgIpc) is 2.69. The molecule has 0 saturated heterocycles. The number of likely N-dealkylation sites (N-methyl/N-ethyl adjacent to an activating group) is 1. The number of rotatable bonds is 20. The molecule has 0 unspecified atom stereocenters. The third kappa shape index (κ3) is 21.4. The quantitative estimate of drug-likeness (QED) is 0.231. The second kappa shape index (κ2) is 23.3. The molecule has 0 rings (SSSR count). The van der Waals surface area contributed by atoms with E-state index in [1.54, 1.807) is 7.11 Å². The molecule has 0 aromatic heterocycles. The molecule has 0 fully saturated rings. The first-order valence-corrected chi connectivity index (χ1v) is 9.90. The highest BCUT2D eigenvalue weighted by molar-refractivity contribution is 5.00. The number of nitrogens with zero attached hydrogens (tertiary/aromatic N) is 1. The maximum absolute atomic E-state index is 5.58. The van der Waals surface area contributed by atoms with Crippen molar-refractivity contribution in [3.8, 4) is 11.8 Å². The minimum absolute atomic E-state index is 0.561. The molecule has 7 nitrogen and oxygen atoms in total. The highest BCUT2D eigenvalue weighted by Crippen LogP contribution is 1.88. The Labute approximate surface area is 165 Å². The van der Waals surface area contributed by atoms with Gasteiger partial charge in [0.05, 0.1) is 79.2 Å². The molecule has 0 aliphatic heterocycles. The molecule has 0 amide bonds. The Kier molecular flexibility index (Phi) is 22.7. The number of hydrogen-bond donors (Lipinski definition) is 0. The van der Waals surface area contributed by atoms with E-state index in [-0.39, 0.29) is 0 Å². The Bertz CT molecular complexity index is 345. The van der Waals surface area contributed by atoms with Crippen molar-refractivity contribution in [1.29, 1.82) is 0 Å². The fraction of sp³-hybridized carbons (Fsp3) is 0.900. The summed E-state index contributed by atoms with van der Waals surface area (Å²) in [5.74, 6) is 6.24. The first-order chi connectivity index (χ1) is 13.3. The molecule has 0 atom stereocenters. The van der Waals surface area contributed by atoms with Gasteiger partial charge in [-0.15, -0.1) is 5.92 Å². The van der Waals surface area contributed by atoms with Crippen LogP contribution in [0.4, 0.5) is 0 Å². The third-order valence-corrected chi connectivity index (χ3v) is 3.52. The van der Waals surface area contributed by atoms with Crippen LogP contribution in [0.3, 0.4) is 0 Å². The molecule has 0 aromatic rings. The van der Waals surface area contributed by atoms with Gasteiger partial charge in [-0.25, -0.2) is 0 Å². The van der Waals surface area contributed by atoms with Crippen molar-refractivity contribution in [3.63, 3.8) is 0 Å². The van der Waals surface area contributed by atoms with Gasteiger partial charge in [0.2, 0.25) is 0 Å². The van der Waals surface area contributed by atoms with Crippen LogP contribution in [-0.2, 0) is 28.4 Å². The molecule has 7 heteroatoms. The van der Waals surface area contributed by atoms with Gasteiger partial charge in [-0.3, -0.25) is 4.90 Å². The van der Waals surface area contributed by atoms with Crippen molar-refractivity contribution >= 4 is 0 Å². The standard InChI is InChI=1S/C20H39NO6/c1-4-6-7-8-21(5-2)9-10-23-13-14-25-17-18-27-20-19-26-16-15-24-12-11-22-3/h4-5,8-20H2,1-3H3. The van der Waals surface area contributed by atoms with Crippen LogP contribution in [0, 0.1) is 11.8 Å². The van der Waals surface area contributed by atoms with Crippen LogP contribution in [0.1, 0.15) is 20.3 Å². The van der Waals surface area contributed by atoms with Crippen molar-refractivity contribution in [2.24, 2.45) is 0 Å². The maximum Gasteiger partial charge on any atom is 0.0701 e. The molecule has 0 saturated carbocycles. The molecular formula is C20H39NO6. The Morgan fingerprint density at radius 3 is 1.44 bits per heavy atom. The lowest BCUT2D eigenvalue weighted by atomic mass is 10.4. The van der Waals surface area contributed by atoms with Crippen LogP contribution in [0.25, 0.3) is 0 Å². The maximum atomic E-state index is 5.58. The Morgan fingerprint density at radius 1 is 0.593 bits per heavy atom. The monoisotopic (exact) mass is 389 g/mol. The van der Waals surface area contributed by atoms with Crippen LogP contribution >= 0.6 is 0 Å². The van der Waals surface area contributed by atoms with E-state index in [0.29, 0.717) is 72.7 Å². The fourth-order valence-corrected chi connectivity index (χ4v) is 1.96. The molecular weight excluding hydrogens is 350 g/mol. The normalized spacial score (nSPS) is 11.0. The van der Waals surface area contributed by atoms with Gasteiger partial charge < -0.3 is 28.4 Å². The molecule has 0 N–H and O–H groups in total. The zero-order chi connectivity index (χ0) is 19.8. The van der Waals surface area contributed by atoms with Gasteiger partial charge in [0.1, 0.15) is 0 Å². The highest BCUT2D eigenvalue weighted by Gasteiger charge is 1.99. The second-order valence-corrected chi connectivity index (χ2v) is 5.63. The lowest BCUT2D eigenvalue weighted by molar-refractivity contribution is -0.0154. The molecule has 0 aromatic carbocycles. The summed E-state index contributed by atoms with van der Waals surface area (Å²) < 4.78 is 32.0. The molecule has 0 spiro atoms. The smallest absolute Gasteiger partial charge is 0.0701 e. The van der Waals surface area contributed by atoms with Crippen LogP contribution in [-0.4, -0.2) is 104 Å². The Balaban J connectivity index is 3.18. The fourth-order valence-electron chi connectivity index (χ4n) is 1.96. The highest BCUT2D eigenvalue weighted by atomic mass is 16.6. The van der Waals surface area contributed by atoms with Crippen molar-refractivity contribution in [2.45, 2.75) is 20.3 Å². The number of ether oxygens (including phenoxy) is 6. The van der Waals surface area contributed by atoms with E-state index in [1.807, 2.05) is 0 Å². The van der Waals surface area contributed by atoms with Gasteiger partial charge in [-0.2, -0.15) is 0 Å². The topological polar surface area (TPSA) is 58.6 Å². The van der Waals surface area contributed by atoms with E-state index in [0.717, 1.165) is 26.1 Å². The lowest BCUT2D eigenvalue weighted by Gasteiger charge is -2.17. The van der Waals surface area contributed by atoms with E-state index in [1.165, 1.54) is 0 Å². The Morgan fingerprint density at radius 2 is 1.04 bits per heavy atom. The molecule has 27 heavy (non-hydrogen) atoms. The summed E-state index contributed by atoms with van der Waals surface area (Å²) in [7, 11) is 1.65. The molecule has 0 bridgehead atoms. The van der Waals surface area contributed by atoms with Crippen molar-refractivity contribution in [2.75, 3.05) is 99.4 Å². The molecule has 0 heterocycles. The van der Waals surface area contributed by atoms with E-state index in [9.17, 15) is 0 Å². The summed E-state index contributed by atoms with van der Waals surface area (Å²) in [6.45, 7) is 13.4. The van der Waals surface area contributed by atoms with Gasteiger partial charge in [0.25, 0.3) is 0 Å². The van der Waals surface area contributed by atoms with Crippen LogP contribution < -0.4 is 0 Å². The van der Waals surface area contributed by atoms with E-state index >= 15 is 0 Å². The van der Waals surface area contributed by atoms with Crippen molar-refractivity contribution < 1.29 is 28.4 Å². The van der Waals surface area contributed by atoms with Crippen molar-refractivity contribution in [3.05, 3.63) is 0 Å². The lowest BCUT2D eigenvalue weighted by Crippen LogP contribution is -2.28. The summed E-state index contributed by atoms with van der Waals surface area (Å²) in [5, 5.41) is 0. The zero-order valence-corrected chi connectivity index (χ0v) is 17.5. The first kappa shape index (κ1) is 26.3. The average molecular weight is 390 g/mol. The predicted octanol–water partition coefficient (Wildman–Crippen LogP) is 1.45. The summed E-state index contributed by atoms with van der Waals surface area (Å²) in [6, 6.07) is 0. The third-order valence-electron chi connectivity index (χ3n) is 3.52. The van der Waals surface area contributed by atoms with Gasteiger partial charge in [0.15, 0.2) is 0 Å². The van der Waals surface area contributed by atoms with E-state index in [2.05, 4.69) is 30.6 Å². The predicted molar refractivity (Wildman–Crippen MR) is 106 cm³/mol. The molecule has 0 aliphatic rings. The summed E-state index contributed by atoms with van der Waals surface area (Å²) in [5.41, 5.74) is 0. The zero-order valence-electron chi connectivity index (χ0n) is 17.5. The molecule has 0 radical (unpaired) electrons. The van der Waals surface area contributed by atoms with E-state index < -0.39 is 0 Å². The van der Waals surface area contributed by atoms with Crippen LogP contribution in [0.2, 0.25) is 0 Å². The second-order valence-electron chi connectivity index (χ2n) is 5.63. The summed E-state index contributed by atoms with van der Waals surface area (Å²) >= 11 is 0. The number of hydrogen-bond acceptors (Lipinski definition) is 7. The minimum atomic E-state index is 0.561. The van der Waals surface area contributed by atoms with Crippen molar-refractivity contribution in [1.82, 2.24) is 4.90 Å². The van der Waals surface area contributed by atoms with Crippen LogP contribution in [0.5, 0.6) is 0 Å². The van der Waals surface area contributed by atoms with Gasteiger partial charge in [-0.1, -0.05) is 19.8 Å². The van der Waals surface area contributed by atoms with E-state index in [4.69, 9.17) is 28.4 Å². The minimum Gasteiger partial charge on any atom is -0.382 e. The summed E-state index contributed by atoms with van der Waals surface area (Å²) in [4.78, 5) is 2.27. The largest absolute Gasteiger partial charge is 0.382 e. The first-order valence-electron chi connectivity index (χ1n) is 9.90.